The Balaban J connectivity index is 2.25. The van der Waals surface area contributed by atoms with Crippen LogP contribution in [0.1, 0.15) is 0 Å². The van der Waals surface area contributed by atoms with Crippen molar-refractivity contribution in [1.29, 1.82) is 0 Å². The summed E-state index contributed by atoms with van der Waals surface area (Å²) in [5.41, 5.74) is 6.51. The molecule has 0 unspecified atom stereocenters. The van der Waals surface area contributed by atoms with Gasteiger partial charge in [0.15, 0.2) is 5.03 Å². The number of nitrogen functional groups attached to an aromatic ring is 1. The molecule has 0 spiro atoms. The molecule has 0 fully saturated rings. The predicted molar refractivity (Wildman–Crippen MR) is 60.3 cm³/mol. The molecule has 0 saturated carbocycles. The third-order valence-corrected chi connectivity index (χ3v) is 3.23. The van der Waals surface area contributed by atoms with Crippen LogP contribution in [-0.2, 0) is 10.0 Å². The van der Waals surface area contributed by atoms with Gasteiger partial charge in [0.1, 0.15) is 0 Å². The van der Waals surface area contributed by atoms with Crippen molar-refractivity contribution in [2.45, 2.75) is 5.03 Å². The smallest absolute Gasteiger partial charge is 0.278 e. The van der Waals surface area contributed by atoms with E-state index < -0.39 is 10.0 Å². The van der Waals surface area contributed by atoms with E-state index in [0.717, 1.165) is 0 Å². The second-order valence-electron chi connectivity index (χ2n) is 3.14. The van der Waals surface area contributed by atoms with Crippen LogP contribution < -0.4 is 10.5 Å². The number of aromatic amines is 1. The molecule has 6 nitrogen and oxygen atoms in total. The Hall–Kier alpha value is -2.02. The lowest BCUT2D eigenvalue weighted by Crippen LogP contribution is -2.13. The minimum Gasteiger partial charge on any atom is -0.399 e. The highest BCUT2D eigenvalue weighted by atomic mass is 32.2. The quantitative estimate of drug-likeness (QED) is 0.688. The van der Waals surface area contributed by atoms with Crippen molar-refractivity contribution >= 4 is 21.4 Å². The number of hydrogen-bond donors (Lipinski definition) is 3. The molecule has 0 saturated heterocycles. The van der Waals surface area contributed by atoms with Crippen LogP contribution in [-0.4, -0.2) is 18.4 Å². The summed E-state index contributed by atoms with van der Waals surface area (Å²) in [4.78, 5) is 6.17. The zero-order chi connectivity index (χ0) is 11.6. The predicted octanol–water partition coefficient (Wildman–Crippen LogP) is 0.793. The van der Waals surface area contributed by atoms with E-state index in [1.165, 1.54) is 12.5 Å². The molecule has 7 heteroatoms. The Morgan fingerprint density at radius 3 is 2.50 bits per heavy atom. The summed E-state index contributed by atoms with van der Waals surface area (Å²) in [5, 5.41) is 0.0179. The van der Waals surface area contributed by atoms with Crippen LogP contribution in [0.25, 0.3) is 0 Å². The van der Waals surface area contributed by atoms with Gasteiger partial charge in [-0.1, -0.05) is 0 Å². The molecule has 84 valence electrons. The Morgan fingerprint density at radius 2 is 1.94 bits per heavy atom. The standard InChI is InChI=1S/C9H10N4O2S/c10-7-1-3-8(4-2-7)13-16(14,15)9-5-11-6-12-9/h1-6,13H,10H2,(H,11,12). The molecule has 1 aromatic carbocycles. The van der Waals surface area contributed by atoms with Gasteiger partial charge in [-0.2, -0.15) is 8.42 Å². The number of benzene rings is 1. The van der Waals surface area contributed by atoms with E-state index in [1.54, 1.807) is 24.3 Å². The van der Waals surface area contributed by atoms with Gasteiger partial charge in [-0.15, -0.1) is 0 Å². The molecule has 2 aromatic rings. The zero-order valence-corrected chi connectivity index (χ0v) is 9.03. The van der Waals surface area contributed by atoms with Crippen molar-refractivity contribution in [1.82, 2.24) is 9.97 Å². The van der Waals surface area contributed by atoms with E-state index in [1.807, 2.05) is 0 Å². The molecule has 0 aliphatic carbocycles. The number of aromatic nitrogens is 2. The van der Waals surface area contributed by atoms with Gasteiger partial charge in [0.25, 0.3) is 10.0 Å². The number of nitrogens with one attached hydrogen (secondary N) is 2. The fourth-order valence-electron chi connectivity index (χ4n) is 1.15. The first-order chi connectivity index (χ1) is 7.58. The van der Waals surface area contributed by atoms with Gasteiger partial charge in [0, 0.05) is 11.4 Å². The minimum atomic E-state index is -3.59. The molecule has 16 heavy (non-hydrogen) atoms. The summed E-state index contributed by atoms with van der Waals surface area (Å²) in [6.07, 6.45) is 2.54. The number of sulfonamides is 1. The molecular formula is C9H10N4O2S. The first-order valence-electron chi connectivity index (χ1n) is 4.45. The van der Waals surface area contributed by atoms with E-state index in [9.17, 15) is 8.42 Å². The molecule has 0 aliphatic rings. The van der Waals surface area contributed by atoms with Crippen LogP contribution in [0.15, 0.2) is 41.8 Å². The summed E-state index contributed by atoms with van der Waals surface area (Å²) in [5.74, 6) is 0. The summed E-state index contributed by atoms with van der Waals surface area (Å²) in [6, 6.07) is 6.40. The summed E-state index contributed by atoms with van der Waals surface area (Å²) in [6.45, 7) is 0. The van der Waals surface area contributed by atoms with Crippen molar-refractivity contribution in [3.63, 3.8) is 0 Å². The molecule has 1 heterocycles. The summed E-state index contributed by atoms with van der Waals surface area (Å²) in [7, 11) is -3.59. The summed E-state index contributed by atoms with van der Waals surface area (Å²) >= 11 is 0. The second-order valence-corrected chi connectivity index (χ2v) is 4.79. The lowest BCUT2D eigenvalue weighted by Gasteiger charge is -2.05. The lowest BCUT2D eigenvalue weighted by atomic mass is 10.3. The number of anilines is 2. The van der Waals surface area contributed by atoms with E-state index in [2.05, 4.69) is 14.7 Å². The number of hydrogen-bond acceptors (Lipinski definition) is 4. The van der Waals surface area contributed by atoms with Crippen LogP contribution in [0.2, 0.25) is 0 Å². The molecule has 0 radical (unpaired) electrons. The van der Waals surface area contributed by atoms with Gasteiger partial charge >= 0.3 is 0 Å². The Bertz CT molecular complexity index is 560. The number of nitrogens with two attached hydrogens (primary N) is 1. The van der Waals surface area contributed by atoms with Crippen LogP contribution in [0.5, 0.6) is 0 Å². The van der Waals surface area contributed by atoms with E-state index in [0.29, 0.717) is 11.4 Å². The maximum Gasteiger partial charge on any atom is 0.278 e. The highest BCUT2D eigenvalue weighted by molar-refractivity contribution is 7.92. The first kappa shape index (κ1) is 10.5. The third kappa shape index (κ3) is 2.14. The molecule has 4 N–H and O–H groups in total. The fraction of sp³-hybridized carbons (Fsp3) is 0. The molecule has 1 aromatic heterocycles. The van der Waals surface area contributed by atoms with E-state index in [4.69, 9.17) is 5.73 Å². The van der Waals surface area contributed by atoms with Crippen molar-refractivity contribution in [3.8, 4) is 0 Å². The highest BCUT2D eigenvalue weighted by Gasteiger charge is 2.14. The van der Waals surface area contributed by atoms with Crippen LogP contribution in [0, 0.1) is 0 Å². The molecule has 0 amide bonds. The van der Waals surface area contributed by atoms with Gasteiger partial charge in [0.2, 0.25) is 0 Å². The molecule has 0 aliphatic heterocycles. The molecule has 0 atom stereocenters. The average molecular weight is 238 g/mol. The molecule has 0 bridgehead atoms. The maximum absolute atomic E-state index is 11.7. The zero-order valence-electron chi connectivity index (χ0n) is 8.21. The fourth-order valence-corrected chi connectivity index (χ4v) is 2.12. The first-order valence-corrected chi connectivity index (χ1v) is 5.93. The Labute approximate surface area is 92.6 Å². The van der Waals surface area contributed by atoms with E-state index in [-0.39, 0.29) is 5.03 Å². The van der Waals surface area contributed by atoms with Crippen molar-refractivity contribution in [3.05, 3.63) is 36.8 Å². The topological polar surface area (TPSA) is 101 Å². The Kier molecular flexibility index (Phi) is 2.53. The molecular weight excluding hydrogens is 228 g/mol. The third-order valence-electron chi connectivity index (χ3n) is 1.93. The van der Waals surface area contributed by atoms with Crippen molar-refractivity contribution in [2.75, 3.05) is 10.5 Å². The maximum atomic E-state index is 11.7. The van der Waals surface area contributed by atoms with Crippen molar-refractivity contribution in [2.24, 2.45) is 0 Å². The second kappa shape index (κ2) is 3.86. The van der Waals surface area contributed by atoms with E-state index >= 15 is 0 Å². The highest BCUT2D eigenvalue weighted by Crippen LogP contribution is 2.15. The SMILES string of the molecule is Nc1ccc(NS(=O)(=O)c2cnc[nH]2)cc1. The van der Waals surface area contributed by atoms with Gasteiger partial charge < -0.3 is 10.7 Å². The van der Waals surface area contributed by atoms with Crippen LogP contribution in [0.3, 0.4) is 0 Å². The number of imidazole rings is 1. The van der Waals surface area contributed by atoms with Crippen LogP contribution >= 0.6 is 0 Å². The van der Waals surface area contributed by atoms with Gasteiger partial charge in [-0.3, -0.25) is 4.72 Å². The van der Waals surface area contributed by atoms with Gasteiger partial charge in [-0.25, -0.2) is 4.98 Å². The Morgan fingerprint density at radius 1 is 1.25 bits per heavy atom. The largest absolute Gasteiger partial charge is 0.399 e. The summed E-state index contributed by atoms with van der Waals surface area (Å²) < 4.78 is 25.9. The molecule has 2 rings (SSSR count). The van der Waals surface area contributed by atoms with Gasteiger partial charge in [0.05, 0.1) is 12.5 Å². The van der Waals surface area contributed by atoms with Crippen LogP contribution in [0.4, 0.5) is 11.4 Å². The number of rotatable bonds is 3. The lowest BCUT2D eigenvalue weighted by molar-refractivity contribution is 0.598. The number of nitrogens with zero attached hydrogens (tertiary/aromatic N) is 1. The average Bonchev–Trinajstić information content (AvgIpc) is 2.75. The van der Waals surface area contributed by atoms with Gasteiger partial charge in [-0.05, 0) is 24.3 Å². The van der Waals surface area contributed by atoms with Crippen molar-refractivity contribution < 1.29 is 8.42 Å². The normalized spacial score (nSPS) is 11.2. The number of H-pyrrole nitrogens is 1. The minimum absolute atomic E-state index is 0.0179. The monoisotopic (exact) mass is 238 g/mol.